The van der Waals surface area contributed by atoms with Gasteiger partial charge < -0.3 is 14.2 Å². The van der Waals surface area contributed by atoms with Crippen LogP contribution in [0.2, 0.25) is 0 Å². The minimum atomic E-state index is -0.829. The summed E-state index contributed by atoms with van der Waals surface area (Å²) in [6.45, 7) is 6.29. The molecule has 6 heteroatoms. The Morgan fingerprint density at radius 1 is 0.288 bits per heavy atom. The number of hydrogen-bond donors (Lipinski definition) is 0. The summed E-state index contributed by atoms with van der Waals surface area (Å²) >= 11 is 0. The van der Waals surface area contributed by atoms with Gasteiger partial charge in [-0.2, -0.15) is 0 Å². The smallest absolute Gasteiger partial charge is 0.306 e. The zero-order valence-corrected chi connectivity index (χ0v) is 46.8. The van der Waals surface area contributed by atoms with Gasteiger partial charge in [0, 0.05) is 19.3 Å². The van der Waals surface area contributed by atoms with E-state index in [1.54, 1.807) is 0 Å². The molecule has 0 N–H and O–H groups in total. The van der Waals surface area contributed by atoms with Crippen LogP contribution in [0, 0.1) is 0 Å². The van der Waals surface area contributed by atoms with E-state index < -0.39 is 6.10 Å². The first-order valence-corrected chi connectivity index (χ1v) is 29.3. The quantitative estimate of drug-likeness (QED) is 0.0261. The number of carbonyl (C=O) groups is 3. The fourth-order valence-electron chi connectivity index (χ4n) is 7.49. The third-order valence-corrected chi connectivity index (χ3v) is 11.8. The van der Waals surface area contributed by atoms with Gasteiger partial charge in [0.05, 0.1) is 0 Å². The van der Waals surface area contributed by atoms with Crippen molar-refractivity contribution >= 4 is 17.9 Å². The number of ether oxygens (including phenoxy) is 3. The van der Waals surface area contributed by atoms with Crippen molar-refractivity contribution in [2.75, 3.05) is 13.2 Å². The summed E-state index contributed by atoms with van der Waals surface area (Å²) in [6, 6.07) is 0. The van der Waals surface area contributed by atoms with E-state index in [0.29, 0.717) is 19.3 Å². The van der Waals surface area contributed by atoms with Crippen LogP contribution in [0.25, 0.3) is 0 Å². The highest BCUT2D eigenvalue weighted by molar-refractivity contribution is 5.71. The van der Waals surface area contributed by atoms with Crippen LogP contribution in [0.15, 0.2) is 146 Å². The number of hydrogen-bond acceptors (Lipinski definition) is 6. The molecule has 0 aliphatic rings. The molecule has 0 saturated heterocycles. The van der Waals surface area contributed by atoms with Crippen LogP contribution in [0.4, 0.5) is 0 Å². The first-order valence-electron chi connectivity index (χ1n) is 29.3. The van der Waals surface area contributed by atoms with Crippen molar-refractivity contribution in [1.82, 2.24) is 0 Å². The number of unbranched alkanes of at least 4 members (excludes halogenated alkanes) is 16. The number of allylic oxidation sites excluding steroid dienone is 24. The van der Waals surface area contributed by atoms with Gasteiger partial charge in [-0.1, -0.05) is 237 Å². The lowest BCUT2D eigenvalue weighted by Gasteiger charge is -2.18. The second kappa shape index (κ2) is 59.8. The highest BCUT2D eigenvalue weighted by Gasteiger charge is 2.19. The van der Waals surface area contributed by atoms with Crippen molar-refractivity contribution in [3.05, 3.63) is 146 Å². The molecule has 1 atom stereocenters. The highest BCUT2D eigenvalue weighted by atomic mass is 16.6. The topological polar surface area (TPSA) is 78.9 Å². The number of carbonyl (C=O) groups excluding carboxylic acids is 3. The normalized spacial score (nSPS) is 13.2. The predicted molar refractivity (Wildman–Crippen MR) is 315 cm³/mol. The van der Waals surface area contributed by atoms with Gasteiger partial charge in [0.15, 0.2) is 6.10 Å². The molecule has 6 nitrogen and oxygen atoms in total. The fraction of sp³-hybridized carbons (Fsp3) is 0.597. The summed E-state index contributed by atoms with van der Waals surface area (Å²) in [5, 5.41) is 0. The van der Waals surface area contributed by atoms with E-state index in [0.717, 1.165) is 122 Å². The first kappa shape index (κ1) is 68.3. The Morgan fingerprint density at radius 3 is 0.918 bits per heavy atom. The minimum absolute atomic E-state index is 0.121. The Morgan fingerprint density at radius 2 is 0.562 bits per heavy atom. The average Bonchev–Trinajstić information content (AvgIpc) is 3.39. The van der Waals surface area contributed by atoms with E-state index in [1.807, 2.05) is 6.08 Å². The Hall–Kier alpha value is -4.71. The predicted octanol–water partition coefficient (Wildman–Crippen LogP) is 20.0. The third-order valence-electron chi connectivity index (χ3n) is 11.8. The molecule has 0 aromatic carbocycles. The van der Waals surface area contributed by atoms with E-state index in [9.17, 15) is 14.4 Å². The lowest BCUT2D eigenvalue weighted by atomic mass is 10.1. The standard InChI is InChI=1S/C67H106O6/c1-4-7-10-13-16-19-22-25-28-31-33-36-39-42-45-48-51-54-57-60-66(69)72-63-64(62-71-65(68)59-56-53-50-47-44-41-38-35-30-27-24-21-18-15-12-9-6-3)73-67(70)61-58-55-52-49-46-43-40-37-34-32-29-26-23-20-17-14-11-8-5-2/h7,9-10,12,16-21,25-30,33,36,38,41-42,45,51,54,64H,4-6,8,11,13-15,22-24,31-32,34-35,37,39-40,43-44,46-50,52-53,55-63H2,1-3H3/b10-7-,12-9-,19-16-,20-17-,21-18-,28-25-,29-26-,30-27-,36-33-,41-38-,45-42-,54-51-/t64-/m0/s1. The molecule has 0 radical (unpaired) electrons. The number of esters is 3. The van der Waals surface area contributed by atoms with Gasteiger partial charge in [0.2, 0.25) is 0 Å². The van der Waals surface area contributed by atoms with Gasteiger partial charge in [-0.05, 0) is 128 Å². The van der Waals surface area contributed by atoms with E-state index >= 15 is 0 Å². The summed E-state index contributed by atoms with van der Waals surface area (Å²) in [7, 11) is 0. The summed E-state index contributed by atoms with van der Waals surface area (Å²) in [5.41, 5.74) is 0. The molecule has 0 spiro atoms. The summed E-state index contributed by atoms with van der Waals surface area (Å²) in [5.74, 6) is -1.04. The molecular formula is C67H106O6. The van der Waals surface area contributed by atoms with Gasteiger partial charge in [0.25, 0.3) is 0 Å². The van der Waals surface area contributed by atoms with E-state index in [-0.39, 0.29) is 37.5 Å². The second-order valence-electron chi connectivity index (χ2n) is 18.8. The maximum Gasteiger partial charge on any atom is 0.306 e. The fourth-order valence-corrected chi connectivity index (χ4v) is 7.49. The Balaban J connectivity index is 4.57. The van der Waals surface area contributed by atoms with E-state index in [2.05, 4.69) is 161 Å². The first-order chi connectivity index (χ1) is 36.0. The van der Waals surface area contributed by atoms with Crippen LogP contribution in [-0.4, -0.2) is 37.2 Å². The van der Waals surface area contributed by atoms with Crippen LogP contribution >= 0.6 is 0 Å². The van der Waals surface area contributed by atoms with Crippen molar-refractivity contribution in [2.24, 2.45) is 0 Å². The zero-order chi connectivity index (χ0) is 52.9. The Bertz CT molecular complexity index is 1630. The van der Waals surface area contributed by atoms with Crippen molar-refractivity contribution in [3.8, 4) is 0 Å². The Kier molecular flexibility index (Phi) is 56.0. The summed E-state index contributed by atoms with van der Waals surface area (Å²) in [6.07, 6.45) is 85.6. The van der Waals surface area contributed by atoms with Crippen LogP contribution < -0.4 is 0 Å². The molecule has 410 valence electrons. The second-order valence-corrected chi connectivity index (χ2v) is 18.8. The monoisotopic (exact) mass is 1010 g/mol. The third kappa shape index (κ3) is 58.1. The molecule has 0 bridgehead atoms. The molecule has 73 heavy (non-hydrogen) atoms. The Labute approximate surface area is 448 Å². The highest BCUT2D eigenvalue weighted by Crippen LogP contribution is 2.14. The van der Waals surface area contributed by atoms with Gasteiger partial charge in [-0.3, -0.25) is 14.4 Å². The van der Waals surface area contributed by atoms with Crippen molar-refractivity contribution in [2.45, 2.75) is 245 Å². The molecule has 0 aromatic heterocycles. The molecule has 0 heterocycles. The molecule has 0 aromatic rings. The minimum Gasteiger partial charge on any atom is -0.462 e. The van der Waals surface area contributed by atoms with Crippen LogP contribution in [0.5, 0.6) is 0 Å². The largest absolute Gasteiger partial charge is 0.462 e. The summed E-state index contributed by atoms with van der Waals surface area (Å²) < 4.78 is 16.8. The average molecular weight is 1010 g/mol. The maximum absolute atomic E-state index is 12.9. The van der Waals surface area contributed by atoms with Gasteiger partial charge in [-0.25, -0.2) is 0 Å². The molecule has 0 fully saturated rings. The van der Waals surface area contributed by atoms with Crippen molar-refractivity contribution < 1.29 is 28.6 Å². The molecule has 0 aliphatic heterocycles. The maximum atomic E-state index is 12.9. The lowest BCUT2D eigenvalue weighted by molar-refractivity contribution is -0.166. The zero-order valence-electron chi connectivity index (χ0n) is 46.8. The SMILES string of the molecule is CC/C=C\C/C=C\C/C=C\C/C=C\C/C=C\C/C=C\CCC(=O)OC[C@H](COC(=O)CCCCCC/C=C\C/C=C\C/C=C\C/C=C\CC)OC(=O)CCCCCCCCCCC/C=C\C/C=C\CCCCC. The molecule has 0 amide bonds. The van der Waals surface area contributed by atoms with Gasteiger partial charge in [0.1, 0.15) is 13.2 Å². The van der Waals surface area contributed by atoms with E-state index in [1.165, 1.54) is 70.6 Å². The molecule has 0 aliphatic carbocycles. The molecule has 0 saturated carbocycles. The van der Waals surface area contributed by atoms with E-state index in [4.69, 9.17) is 14.2 Å². The van der Waals surface area contributed by atoms with Crippen molar-refractivity contribution in [1.29, 1.82) is 0 Å². The van der Waals surface area contributed by atoms with Crippen molar-refractivity contribution in [3.63, 3.8) is 0 Å². The summed E-state index contributed by atoms with van der Waals surface area (Å²) in [4.78, 5) is 38.2. The molecular weight excluding hydrogens is 901 g/mol. The number of rotatable bonds is 51. The van der Waals surface area contributed by atoms with Crippen LogP contribution in [-0.2, 0) is 28.6 Å². The van der Waals surface area contributed by atoms with Gasteiger partial charge >= 0.3 is 17.9 Å². The lowest BCUT2D eigenvalue weighted by Crippen LogP contribution is -2.30. The van der Waals surface area contributed by atoms with Crippen LogP contribution in [0.1, 0.15) is 239 Å². The molecule has 0 rings (SSSR count). The van der Waals surface area contributed by atoms with Gasteiger partial charge in [-0.15, -0.1) is 0 Å². The molecule has 0 unspecified atom stereocenters. The van der Waals surface area contributed by atoms with Crippen LogP contribution in [0.3, 0.4) is 0 Å².